The van der Waals surface area contributed by atoms with Crippen LogP contribution < -0.4 is 5.73 Å². The lowest BCUT2D eigenvalue weighted by Gasteiger charge is -2.21. The summed E-state index contributed by atoms with van der Waals surface area (Å²) in [5.74, 6) is 0. The van der Waals surface area contributed by atoms with Crippen LogP contribution in [0.4, 0.5) is 0 Å². The summed E-state index contributed by atoms with van der Waals surface area (Å²) in [6.07, 6.45) is 9.44. The molecule has 19 heavy (non-hydrogen) atoms. The molecule has 2 aromatic rings. The zero-order valence-corrected chi connectivity index (χ0v) is 11.9. The Morgan fingerprint density at radius 2 is 2.21 bits per heavy atom. The van der Waals surface area contributed by atoms with Crippen molar-refractivity contribution in [1.29, 1.82) is 0 Å². The first-order valence-electron chi connectivity index (χ1n) is 7.00. The van der Waals surface area contributed by atoms with Crippen molar-refractivity contribution in [3.8, 4) is 0 Å². The van der Waals surface area contributed by atoms with E-state index in [0.717, 1.165) is 17.8 Å². The summed E-state index contributed by atoms with van der Waals surface area (Å²) in [5, 5.41) is 6.71. The summed E-state index contributed by atoms with van der Waals surface area (Å²) in [4.78, 5) is 4.27. The van der Waals surface area contributed by atoms with Crippen LogP contribution in [0.25, 0.3) is 0 Å². The van der Waals surface area contributed by atoms with Gasteiger partial charge in [0, 0.05) is 18.0 Å². The van der Waals surface area contributed by atoms with Crippen molar-refractivity contribution in [3.63, 3.8) is 0 Å². The molecule has 2 heterocycles. The average molecular weight is 276 g/mol. The molecule has 0 aliphatic heterocycles. The van der Waals surface area contributed by atoms with Gasteiger partial charge in [0.05, 0.1) is 29.0 Å². The van der Waals surface area contributed by atoms with Gasteiger partial charge >= 0.3 is 0 Å². The lowest BCUT2D eigenvalue weighted by molar-refractivity contribution is 0.328. The predicted octanol–water partition coefficient (Wildman–Crippen LogP) is 3.09. The molecule has 1 fully saturated rings. The van der Waals surface area contributed by atoms with Gasteiger partial charge in [0.25, 0.3) is 0 Å². The fraction of sp³-hybridized carbons (Fsp3) is 0.571. The molecule has 1 aliphatic rings. The average Bonchev–Trinajstić information content (AvgIpc) is 3.11. The SMILES string of the molecule is NC(Cc1ccn(C2CCCCC2)n1)c1cscn1. The second kappa shape index (κ2) is 5.84. The monoisotopic (exact) mass is 276 g/mol. The van der Waals surface area contributed by atoms with E-state index >= 15 is 0 Å². The predicted molar refractivity (Wildman–Crippen MR) is 77.1 cm³/mol. The first-order chi connectivity index (χ1) is 9.33. The number of nitrogens with two attached hydrogens (primary N) is 1. The van der Waals surface area contributed by atoms with Crippen LogP contribution in [0.15, 0.2) is 23.2 Å². The molecule has 3 rings (SSSR count). The molecule has 5 heteroatoms. The molecule has 0 aromatic carbocycles. The van der Waals surface area contributed by atoms with Crippen molar-refractivity contribution < 1.29 is 0 Å². The Bertz CT molecular complexity index is 499. The zero-order chi connectivity index (χ0) is 13.1. The van der Waals surface area contributed by atoms with Crippen LogP contribution in [0, 0.1) is 0 Å². The largest absolute Gasteiger partial charge is 0.322 e. The van der Waals surface area contributed by atoms with Gasteiger partial charge in [-0.3, -0.25) is 4.68 Å². The quantitative estimate of drug-likeness (QED) is 0.933. The third-order valence-corrected chi connectivity index (χ3v) is 4.48. The van der Waals surface area contributed by atoms with Gasteiger partial charge < -0.3 is 5.73 Å². The van der Waals surface area contributed by atoms with Crippen LogP contribution >= 0.6 is 11.3 Å². The topological polar surface area (TPSA) is 56.7 Å². The third kappa shape index (κ3) is 3.04. The standard InChI is InChI=1S/C14H20N4S/c15-13(14-9-19-10-16-14)8-11-6-7-18(17-11)12-4-2-1-3-5-12/h6-7,9-10,12-13H,1-5,8,15H2. The molecular weight excluding hydrogens is 256 g/mol. The van der Waals surface area contributed by atoms with Crippen molar-refractivity contribution in [1.82, 2.24) is 14.8 Å². The van der Waals surface area contributed by atoms with E-state index in [1.165, 1.54) is 32.1 Å². The molecule has 0 spiro atoms. The van der Waals surface area contributed by atoms with E-state index in [0.29, 0.717) is 6.04 Å². The van der Waals surface area contributed by atoms with E-state index < -0.39 is 0 Å². The van der Waals surface area contributed by atoms with Crippen LogP contribution in [-0.4, -0.2) is 14.8 Å². The van der Waals surface area contributed by atoms with Gasteiger partial charge in [-0.15, -0.1) is 11.3 Å². The minimum absolute atomic E-state index is 0.0408. The van der Waals surface area contributed by atoms with Crippen molar-refractivity contribution in [2.75, 3.05) is 0 Å². The second-order valence-electron chi connectivity index (χ2n) is 5.30. The molecular formula is C14H20N4S. The van der Waals surface area contributed by atoms with E-state index in [-0.39, 0.29) is 6.04 Å². The maximum absolute atomic E-state index is 6.15. The Kier molecular flexibility index (Phi) is 3.94. The number of nitrogens with zero attached hydrogens (tertiary/aromatic N) is 3. The van der Waals surface area contributed by atoms with E-state index in [9.17, 15) is 0 Å². The highest BCUT2D eigenvalue weighted by Crippen LogP contribution is 2.27. The number of thiazole rings is 1. The molecule has 0 amide bonds. The molecule has 2 aromatic heterocycles. The maximum atomic E-state index is 6.15. The van der Waals surface area contributed by atoms with Crippen LogP contribution in [-0.2, 0) is 6.42 Å². The summed E-state index contributed by atoms with van der Waals surface area (Å²) >= 11 is 1.59. The fourth-order valence-corrected chi connectivity index (χ4v) is 3.39. The molecule has 4 nitrogen and oxygen atoms in total. The highest BCUT2D eigenvalue weighted by molar-refractivity contribution is 7.07. The lowest BCUT2D eigenvalue weighted by atomic mass is 9.96. The number of aromatic nitrogens is 3. The van der Waals surface area contributed by atoms with Crippen molar-refractivity contribution >= 4 is 11.3 Å². The second-order valence-corrected chi connectivity index (χ2v) is 6.02. The molecule has 1 unspecified atom stereocenters. The first-order valence-corrected chi connectivity index (χ1v) is 7.95. The smallest absolute Gasteiger partial charge is 0.0795 e. The Labute approximate surface area is 117 Å². The van der Waals surface area contributed by atoms with Gasteiger partial charge in [0.2, 0.25) is 0 Å². The van der Waals surface area contributed by atoms with Gasteiger partial charge in [-0.25, -0.2) is 4.98 Å². The van der Waals surface area contributed by atoms with E-state index in [2.05, 4.69) is 21.9 Å². The van der Waals surface area contributed by atoms with Gasteiger partial charge in [-0.1, -0.05) is 19.3 Å². The van der Waals surface area contributed by atoms with E-state index in [1.807, 2.05) is 10.9 Å². The Balaban J connectivity index is 1.64. The molecule has 2 N–H and O–H groups in total. The highest BCUT2D eigenvalue weighted by Gasteiger charge is 2.17. The maximum Gasteiger partial charge on any atom is 0.0795 e. The van der Waals surface area contributed by atoms with Crippen LogP contribution in [0.5, 0.6) is 0 Å². The molecule has 0 saturated heterocycles. The molecule has 0 bridgehead atoms. The van der Waals surface area contributed by atoms with Gasteiger partial charge in [-0.2, -0.15) is 5.10 Å². The summed E-state index contributed by atoms with van der Waals surface area (Å²) in [5.41, 5.74) is 10.0. The van der Waals surface area contributed by atoms with Crippen LogP contribution in [0.1, 0.15) is 55.6 Å². The highest BCUT2D eigenvalue weighted by atomic mass is 32.1. The van der Waals surface area contributed by atoms with Crippen molar-refractivity contribution in [3.05, 3.63) is 34.5 Å². The minimum atomic E-state index is -0.0408. The Morgan fingerprint density at radius 1 is 1.37 bits per heavy atom. The molecule has 0 radical (unpaired) electrons. The van der Waals surface area contributed by atoms with Crippen molar-refractivity contribution in [2.24, 2.45) is 5.73 Å². The minimum Gasteiger partial charge on any atom is -0.322 e. The van der Waals surface area contributed by atoms with Crippen molar-refractivity contribution in [2.45, 2.75) is 50.6 Å². The first kappa shape index (κ1) is 12.8. The summed E-state index contributed by atoms with van der Waals surface area (Å²) in [6, 6.07) is 2.65. The normalized spacial score (nSPS) is 18.6. The third-order valence-electron chi connectivity index (χ3n) is 3.87. The van der Waals surface area contributed by atoms with E-state index in [4.69, 9.17) is 10.8 Å². The molecule has 102 valence electrons. The Morgan fingerprint density at radius 3 is 2.95 bits per heavy atom. The summed E-state index contributed by atoms with van der Waals surface area (Å²) in [7, 11) is 0. The van der Waals surface area contributed by atoms with Crippen LogP contribution in [0.2, 0.25) is 0 Å². The fourth-order valence-electron chi connectivity index (χ4n) is 2.77. The van der Waals surface area contributed by atoms with E-state index in [1.54, 1.807) is 11.3 Å². The molecule has 1 aliphatic carbocycles. The van der Waals surface area contributed by atoms with Gasteiger partial charge in [-0.05, 0) is 18.9 Å². The number of rotatable bonds is 4. The molecule has 1 atom stereocenters. The van der Waals surface area contributed by atoms with Crippen LogP contribution in [0.3, 0.4) is 0 Å². The van der Waals surface area contributed by atoms with Gasteiger partial charge in [0.15, 0.2) is 0 Å². The number of hydrogen-bond donors (Lipinski definition) is 1. The summed E-state index contributed by atoms with van der Waals surface area (Å²) < 4.78 is 2.14. The molecule has 1 saturated carbocycles. The zero-order valence-electron chi connectivity index (χ0n) is 11.0. The Hall–Kier alpha value is -1.20. The lowest BCUT2D eigenvalue weighted by Crippen LogP contribution is -2.16. The summed E-state index contributed by atoms with van der Waals surface area (Å²) in [6.45, 7) is 0. The number of hydrogen-bond acceptors (Lipinski definition) is 4. The van der Waals surface area contributed by atoms with Gasteiger partial charge in [0.1, 0.15) is 0 Å².